The van der Waals surface area contributed by atoms with Crippen LogP contribution in [0.3, 0.4) is 0 Å². The summed E-state index contributed by atoms with van der Waals surface area (Å²) in [6, 6.07) is 2.08. The monoisotopic (exact) mass is 324 g/mol. The van der Waals surface area contributed by atoms with Gasteiger partial charge in [-0.3, -0.25) is 0 Å². The topological polar surface area (TPSA) is 70.9 Å². The van der Waals surface area contributed by atoms with Crippen molar-refractivity contribution in [2.45, 2.75) is 44.4 Å². The fourth-order valence-corrected chi connectivity index (χ4v) is 4.15. The van der Waals surface area contributed by atoms with Gasteiger partial charge in [-0.15, -0.1) is 5.10 Å². The van der Waals surface area contributed by atoms with Gasteiger partial charge in [-0.25, -0.2) is 9.50 Å². The predicted molar refractivity (Wildman–Crippen MR) is 92.9 cm³/mol. The Morgan fingerprint density at radius 2 is 1.83 bits per heavy atom. The fourth-order valence-electron chi connectivity index (χ4n) is 4.15. The quantitative estimate of drug-likeness (QED) is 0.757. The van der Waals surface area contributed by atoms with Crippen LogP contribution in [0, 0.1) is 11.8 Å². The maximum Gasteiger partial charge on any atom is 0.141 e. The van der Waals surface area contributed by atoms with E-state index in [1.54, 1.807) is 6.33 Å². The van der Waals surface area contributed by atoms with Gasteiger partial charge in [0.05, 0.1) is 5.69 Å². The van der Waals surface area contributed by atoms with Gasteiger partial charge in [0.1, 0.15) is 17.5 Å². The molecule has 2 saturated carbocycles. The van der Waals surface area contributed by atoms with E-state index in [0.29, 0.717) is 5.92 Å². The molecule has 0 radical (unpaired) electrons. The first-order valence-electron chi connectivity index (χ1n) is 9.26. The van der Waals surface area contributed by atoms with Gasteiger partial charge in [-0.1, -0.05) is 5.21 Å². The van der Waals surface area contributed by atoms with Gasteiger partial charge in [0.25, 0.3) is 0 Å². The van der Waals surface area contributed by atoms with Crippen LogP contribution in [0.4, 0.5) is 0 Å². The number of aromatic amines is 1. The summed E-state index contributed by atoms with van der Waals surface area (Å²) in [7, 11) is 0. The van der Waals surface area contributed by atoms with E-state index in [1.807, 2.05) is 10.7 Å². The highest BCUT2D eigenvalue weighted by Crippen LogP contribution is 2.37. The molecule has 6 heteroatoms. The van der Waals surface area contributed by atoms with Crippen molar-refractivity contribution < 1.29 is 0 Å². The van der Waals surface area contributed by atoms with E-state index < -0.39 is 0 Å². The normalized spacial score (nSPS) is 24.8. The second-order valence-corrected chi connectivity index (χ2v) is 7.57. The molecule has 2 aliphatic rings. The number of hydrogen-bond donors (Lipinski definition) is 2. The Bertz CT molecular complexity index is 838. The van der Waals surface area contributed by atoms with Crippen molar-refractivity contribution in [1.29, 1.82) is 0 Å². The Labute approximate surface area is 141 Å². The van der Waals surface area contributed by atoms with Crippen molar-refractivity contribution in [3.8, 4) is 0 Å². The minimum atomic E-state index is 0.530. The molecule has 126 valence electrons. The van der Waals surface area contributed by atoms with Crippen molar-refractivity contribution in [3.05, 3.63) is 24.3 Å². The molecule has 2 aliphatic carbocycles. The van der Waals surface area contributed by atoms with E-state index in [1.165, 1.54) is 51.6 Å². The minimum Gasteiger partial charge on any atom is -0.346 e. The summed E-state index contributed by atoms with van der Waals surface area (Å²) in [6.07, 6.45) is 11.6. The van der Waals surface area contributed by atoms with Crippen LogP contribution >= 0.6 is 0 Å². The standard InChI is InChI=1S/C18H24N6/c1-2-12(1)9-19-10-13-3-5-14(6-4-13)16-17-15-7-8-20-18(15)21-11-24(17)23-22-16/h7-8,11-14,19-20H,1-6,9-10H2. The summed E-state index contributed by atoms with van der Waals surface area (Å²) in [4.78, 5) is 7.58. The van der Waals surface area contributed by atoms with Gasteiger partial charge in [-0.2, -0.15) is 0 Å². The van der Waals surface area contributed by atoms with Crippen molar-refractivity contribution in [3.63, 3.8) is 0 Å². The maximum absolute atomic E-state index is 4.51. The van der Waals surface area contributed by atoms with E-state index in [2.05, 4.69) is 31.7 Å². The molecule has 0 aromatic carbocycles. The summed E-state index contributed by atoms with van der Waals surface area (Å²) in [6.45, 7) is 2.42. The lowest BCUT2D eigenvalue weighted by Gasteiger charge is -2.27. The Morgan fingerprint density at radius 3 is 2.58 bits per heavy atom. The molecule has 3 aromatic rings. The molecule has 5 rings (SSSR count). The number of aromatic nitrogens is 5. The summed E-state index contributed by atoms with van der Waals surface area (Å²) in [5.74, 6) is 2.33. The average molecular weight is 324 g/mol. The highest BCUT2D eigenvalue weighted by Gasteiger charge is 2.27. The summed E-state index contributed by atoms with van der Waals surface area (Å²) >= 11 is 0. The molecule has 3 aromatic heterocycles. The van der Waals surface area contributed by atoms with Crippen LogP contribution in [0.25, 0.3) is 16.6 Å². The molecule has 0 unspecified atom stereocenters. The van der Waals surface area contributed by atoms with E-state index in [9.17, 15) is 0 Å². The second kappa shape index (κ2) is 5.84. The molecule has 0 saturated heterocycles. The third kappa shape index (κ3) is 2.59. The van der Waals surface area contributed by atoms with Crippen molar-refractivity contribution in [1.82, 2.24) is 30.1 Å². The van der Waals surface area contributed by atoms with Crippen LogP contribution in [0.15, 0.2) is 18.6 Å². The first-order chi connectivity index (χ1) is 11.9. The number of H-pyrrole nitrogens is 1. The Hall–Kier alpha value is -1.95. The van der Waals surface area contributed by atoms with E-state index in [-0.39, 0.29) is 0 Å². The van der Waals surface area contributed by atoms with E-state index in [4.69, 9.17) is 0 Å². The van der Waals surface area contributed by atoms with Crippen LogP contribution < -0.4 is 5.32 Å². The van der Waals surface area contributed by atoms with Crippen LogP contribution in [0.1, 0.15) is 50.1 Å². The van der Waals surface area contributed by atoms with Gasteiger partial charge in [0.15, 0.2) is 0 Å². The van der Waals surface area contributed by atoms with Crippen LogP contribution in [0.5, 0.6) is 0 Å². The van der Waals surface area contributed by atoms with Crippen molar-refractivity contribution in [2.75, 3.05) is 13.1 Å². The Balaban J connectivity index is 1.30. The van der Waals surface area contributed by atoms with Crippen molar-refractivity contribution >= 4 is 16.6 Å². The molecule has 2 N–H and O–H groups in total. The predicted octanol–water partition coefficient (Wildman–Crippen LogP) is 2.88. The largest absolute Gasteiger partial charge is 0.346 e. The number of rotatable bonds is 5. The van der Waals surface area contributed by atoms with Crippen molar-refractivity contribution in [2.24, 2.45) is 11.8 Å². The van der Waals surface area contributed by atoms with E-state index in [0.717, 1.165) is 34.1 Å². The van der Waals surface area contributed by atoms with Crippen LogP contribution in [-0.2, 0) is 0 Å². The Morgan fingerprint density at radius 1 is 1.08 bits per heavy atom. The first kappa shape index (κ1) is 14.4. The molecule has 24 heavy (non-hydrogen) atoms. The second-order valence-electron chi connectivity index (χ2n) is 7.57. The molecule has 0 bridgehead atoms. The summed E-state index contributed by atoms with van der Waals surface area (Å²) in [5.41, 5.74) is 3.21. The lowest BCUT2D eigenvalue weighted by molar-refractivity contribution is 0.311. The third-order valence-electron chi connectivity index (χ3n) is 5.79. The van der Waals surface area contributed by atoms with Gasteiger partial charge < -0.3 is 10.3 Å². The SMILES string of the molecule is c1cc2c(ncn3nnc(C4CCC(CNCC5CC5)CC4)c23)[nH]1. The summed E-state index contributed by atoms with van der Waals surface area (Å²) in [5, 5.41) is 13.6. The minimum absolute atomic E-state index is 0.530. The van der Waals surface area contributed by atoms with E-state index >= 15 is 0 Å². The number of fused-ring (bicyclic) bond motifs is 3. The molecular weight excluding hydrogens is 300 g/mol. The molecule has 0 amide bonds. The number of nitrogens with zero attached hydrogens (tertiary/aromatic N) is 4. The third-order valence-corrected chi connectivity index (χ3v) is 5.79. The molecule has 0 spiro atoms. The zero-order chi connectivity index (χ0) is 15.9. The zero-order valence-corrected chi connectivity index (χ0v) is 13.9. The Kier molecular flexibility index (Phi) is 3.51. The maximum atomic E-state index is 4.51. The number of nitrogens with one attached hydrogen (secondary N) is 2. The van der Waals surface area contributed by atoms with Gasteiger partial charge in [0.2, 0.25) is 0 Å². The fraction of sp³-hybridized carbons (Fsp3) is 0.611. The van der Waals surface area contributed by atoms with Crippen LogP contribution in [0.2, 0.25) is 0 Å². The lowest BCUT2D eigenvalue weighted by atomic mass is 9.80. The smallest absolute Gasteiger partial charge is 0.141 e. The molecule has 2 fully saturated rings. The number of hydrogen-bond acceptors (Lipinski definition) is 4. The van der Waals surface area contributed by atoms with Gasteiger partial charge in [0, 0.05) is 17.5 Å². The molecule has 3 heterocycles. The van der Waals surface area contributed by atoms with Gasteiger partial charge in [-0.05, 0) is 69.5 Å². The highest BCUT2D eigenvalue weighted by atomic mass is 15.4. The highest BCUT2D eigenvalue weighted by molar-refractivity contribution is 5.92. The molecule has 6 nitrogen and oxygen atoms in total. The molecule has 0 atom stereocenters. The summed E-state index contributed by atoms with van der Waals surface area (Å²) < 4.78 is 1.83. The zero-order valence-electron chi connectivity index (χ0n) is 13.9. The lowest BCUT2D eigenvalue weighted by Crippen LogP contribution is -2.27. The average Bonchev–Trinajstić information content (AvgIpc) is 3.14. The van der Waals surface area contributed by atoms with Gasteiger partial charge >= 0.3 is 0 Å². The molecular formula is C18H24N6. The first-order valence-corrected chi connectivity index (χ1v) is 9.26. The van der Waals surface area contributed by atoms with Crippen LogP contribution in [-0.4, -0.2) is 37.9 Å². The molecule has 0 aliphatic heterocycles.